The van der Waals surface area contributed by atoms with Gasteiger partial charge in [-0.3, -0.25) is 14.6 Å². The average Bonchev–Trinajstić information content (AvgIpc) is 3.72. The first-order valence-electron chi connectivity index (χ1n) is 14.8. The number of anilines is 3. The van der Waals surface area contributed by atoms with Gasteiger partial charge in [-0.2, -0.15) is 4.98 Å². The summed E-state index contributed by atoms with van der Waals surface area (Å²) in [7, 11) is 5.76. The highest BCUT2D eigenvalue weighted by Crippen LogP contribution is 2.68. The highest BCUT2D eigenvalue weighted by atomic mass is 16.6. The third-order valence-electron chi connectivity index (χ3n) is 10.6. The number of rotatable bonds is 5. The minimum absolute atomic E-state index is 0.0340. The molecule has 1 N–H and O–H groups in total. The monoisotopic (exact) mass is 556 g/mol. The fraction of sp³-hybridized carbons (Fsp3) is 0.567. The third kappa shape index (κ3) is 3.57. The highest BCUT2D eigenvalue weighted by Gasteiger charge is 2.73. The summed E-state index contributed by atoms with van der Waals surface area (Å²) in [5.41, 5.74) is 2.09. The zero-order valence-corrected chi connectivity index (χ0v) is 23.8. The lowest BCUT2D eigenvalue weighted by atomic mass is 9.53. The lowest BCUT2D eigenvalue weighted by Crippen LogP contribution is -2.73. The van der Waals surface area contributed by atoms with Crippen molar-refractivity contribution >= 4 is 40.5 Å². The lowest BCUT2D eigenvalue weighted by molar-refractivity contribution is -0.175. The number of nitrogens with zero attached hydrogens (tertiary/aromatic N) is 7. The normalized spacial score (nSPS) is 30.7. The Hall–Kier alpha value is -3.73. The summed E-state index contributed by atoms with van der Waals surface area (Å²) >= 11 is 0. The summed E-state index contributed by atoms with van der Waals surface area (Å²) in [6.45, 7) is 0.574. The molecule has 4 atom stereocenters. The fourth-order valence-electron chi connectivity index (χ4n) is 8.63. The molecule has 3 saturated carbocycles. The van der Waals surface area contributed by atoms with E-state index in [2.05, 4.69) is 31.8 Å². The number of fused-ring (bicyclic) bond motifs is 1. The molecule has 0 aromatic carbocycles. The van der Waals surface area contributed by atoms with E-state index >= 15 is 0 Å². The summed E-state index contributed by atoms with van der Waals surface area (Å²) < 4.78 is 8.17. The van der Waals surface area contributed by atoms with Gasteiger partial charge in [0, 0.05) is 55.6 Å². The standard InChI is InChI=1S/C30H36N8O3/c1-35(2)26(39)21-12-18-14-32-27(34-25(18)38(21)19-6-4-5-7-19)33-24-9-8-20(15-31-24)37-17-29(41-28(37)40)13-23-30(16-29)11-10-22(30)36(23)3/h8-9,12,14-15,19,22-23H,4-7,10-11,13,16-17H2,1-3H3,(H,31,32,33,34). The van der Waals surface area contributed by atoms with Gasteiger partial charge < -0.3 is 19.5 Å². The number of hydrogen-bond donors (Lipinski definition) is 1. The molecular weight excluding hydrogens is 520 g/mol. The molecule has 5 fully saturated rings. The van der Waals surface area contributed by atoms with Gasteiger partial charge in [0.2, 0.25) is 5.95 Å². The molecule has 3 aliphatic carbocycles. The minimum atomic E-state index is -0.396. The Morgan fingerprint density at radius 2 is 1.95 bits per heavy atom. The molecule has 0 radical (unpaired) electrons. The van der Waals surface area contributed by atoms with Crippen molar-refractivity contribution in [2.24, 2.45) is 5.41 Å². The first kappa shape index (κ1) is 25.0. The second-order valence-corrected chi connectivity index (χ2v) is 13.0. The molecular formula is C30H36N8O3. The van der Waals surface area contributed by atoms with Gasteiger partial charge in [-0.05, 0) is 57.4 Å². The van der Waals surface area contributed by atoms with E-state index in [9.17, 15) is 9.59 Å². The molecule has 0 bridgehead atoms. The number of aromatic nitrogens is 4. The van der Waals surface area contributed by atoms with Crippen LogP contribution in [0.3, 0.4) is 0 Å². The minimum Gasteiger partial charge on any atom is -0.441 e. The summed E-state index contributed by atoms with van der Waals surface area (Å²) in [6, 6.07) is 7.07. The van der Waals surface area contributed by atoms with Crippen LogP contribution in [-0.4, -0.2) is 86.7 Å². The smallest absolute Gasteiger partial charge is 0.415 e. The van der Waals surface area contributed by atoms with Crippen molar-refractivity contribution in [1.29, 1.82) is 0 Å². The number of likely N-dealkylation sites (tertiary alicyclic amines) is 1. The molecule has 2 spiro atoms. The lowest BCUT2D eigenvalue weighted by Gasteiger charge is -2.67. The van der Waals surface area contributed by atoms with Crippen molar-refractivity contribution < 1.29 is 14.3 Å². The number of amides is 2. The maximum Gasteiger partial charge on any atom is 0.415 e. The summed E-state index contributed by atoms with van der Waals surface area (Å²) in [5, 5.41) is 4.06. The third-order valence-corrected chi connectivity index (χ3v) is 10.6. The van der Waals surface area contributed by atoms with Crippen LogP contribution < -0.4 is 10.2 Å². The molecule has 11 nitrogen and oxygen atoms in total. The maximum absolute atomic E-state index is 13.0. The summed E-state index contributed by atoms with van der Waals surface area (Å²) in [4.78, 5) is 45.7. The van der Waals surface area contributed by atoms with Gasteiger partial charge in [0.1, 0.15) is 22.8 Å². The van der Waals surface area contributed by atoms with Crippen molar-refractivity contribution in [3.63, 3.8) is 0 Å². The molecule has 5 aliphatic rings. The Morgan fingerprint density at radius 1 is 1.12 bits per heavy atom. The molecule has 5 heterocycles. The van der Waals surface area contributed by atoms with Crippen LogP contribution in [0.4, 0.5) is 22.2 Å². The fourth-order valence-corrected chi connectivity index (χ4v) is 8.63. The zero-order valence-electron chi connectivity index (χ0n) is 23.8. The van der Waals surface area contributed by atoms with Gasteiger partial charge in [-0.15, -0.1) is 0 Å². The van der Waals surface area contributed by atoms with Crippen LogP contribution in [0.5, 0.6) is 0 Å². The maximum atomic E-state index is 13.0. The largest absolute Gasteiger partial charge is 0.441 e. The van der Waals surface area contributed by atoms with E-state index in [1.54, 1.807) is 36.3 Å². The van der Waals surface area contributed by atoms with E-state index in [-0.39, 0.29) is 18.0 Å². The predicted octanol–water partition coefficient (Wildman–Crippen LogP) is 4.34. The van der Waals surface area contributed by atoms with Crippen molar-refractivity contribution in [2.45, 2.75) is 75.1 Å². The van der Waals surface area contributed by atoms with Crippen LogP contribution in [0.1, 0.15) is 67.9 Å². The van der Waals surface area contributed by atoms with Crippen LogP contribution in [0.2, 0.25) is 0 Å². The van der Waals surface area contributed by atoms with Gasteiger partial charge in [-0.25, -0.2) is 14.8 Å². The predicted molar refractivity (Wildman–Crippen MR) is 153 cm³/mol. The van der Waals surface area contributed by atoms with Crippen molar-refractivity contribution in [2.75, 3.05) is 37.9 Å². The molecule has 3 aromatic rings. The van der Waals surface area contributed by atoms with Crippen LogP contribution in [0.25, 0.3) is 11.0 Å². The van der Waals surface area contributed by atoms with Crippen molar-refractivity contribution in [3.8, 4) is 0 Å². The summed E-state index contributed by atoms with van der Waals surface area (Å²) in [5.74, 6) is 0.960. The number of carbonyl (C=O) groups is 2. The topological polar surface area (TPSA) is 109 Å². The van der Waals surface area contributed by atoms with Gasteiger partial charge in [-0.1, -0.05) is 12.8 Å². The Morgan fingerprint density at radius 3 is 2.63 bits per heavy atom. The molecule has 3 aromatic heterocycles. The highest BCUT2D eigenvalue weighted by molar-refractivity contribution is 5.98. The quantitative estimate of drug-likeness (QED) is 0.495. The number of pyridine rings is 1. The number of carbonyl (C=O) groups excluding carboxylic acids is 2. The van der Waals surface area contributed by atoms with Gasteiger partial charge in [0.25, 0.3) is 5.91 Å². The first-order chi connectivity index (χ1) is 19.8. The number of nitrogens with one attached hydrogen (secondary N) is 1. The van der Waals surface area contributed by atoms with Crippen LogP contribution in [0.15, 0.2) is 30.6 Å². The molecule has 41 heavy (non-hydrogen) atoms. The van der Waals surface area contributed by atoms with E-state index in [1.807, 2.05) is 18.2 Å². The van der Waals surface area contributed by atoms with E-state index < -0.39 is 5.60 Å². The van der Waals surface area contributed by atoms with Gasteiger partial charge in [0.15, 0.2) is 0 Å². The molecule has 2 saturated heterocycles. The van der Waals surface area contributed by atoms with Crippen molar-refractivity contribution in [3.05, 3.63) is 36.3 Å². The second kappa shape index (κ2) is 8.64. The van der Waals surface area contributed by atoms with E-state index in [0.29, 0.717) is 41.5 Å². The molecule has 214 valence electrons. The number of piperidine rings is 1. The van der Waals surface area contributed by atoms with Crippen LogP contribution in [0, 0.1) is 5.41 Å². The Balaban J connectivity index is 1.02. The number of hydrogen-bond acceptors (Lipinski definition) is 8. The number of ether oxygens (including phenoxy) is 1. The average molecular weight is 557 g/mol. The molecule has 2 aliphatic heterocycles. The SMILES string of the molecule is CN(C)C(=O)c1cc2cnc(Nc3ccc(N4CC5(CC6N(C)C7CCC76C5)OC4=O)cn3)nc2n1C1CCCC1. The zero-order chi connectivity index (χ0) is 28.1. The van der Waals surface area contributed by atoms with E-state index in [0.717, 1.165) is 55.2 Å². The van der Waals surface area contributed by atoms with E-state index in [1.165, 1.54) is 12.8 Å². The molecule has 8 rings (SSSR count). The second-order valence-electron chi connectivity index (χ2n) is 13.0. The van der Waals surface area contributed by atoms with Crippen LogP contribution in [-0.2, 0) is 4.74 Å². The molecule has 2 amide bonds. The van der Waals surface area contributed by atoms with E-state index in [4.69, 9.17) is 9.72 Å². The first-order valence-corrected chi connectivity index (χ1v) is 14.8. The van der Waals surface area contributed by atoms with Gasteiger partial charge in [0.05, 0.1) is 18.4 Å². The molecule has 11 heteroatoms. The summed E-state index contributed by atoms with van der Waals surface area (Å²) in [6.07, 6.45) is 11.9. The Labute approximate surface area is 238 Å². The Bertz CT molecular complexity index is 1560. The van der Waals surface area contributed by atoms with Crippen molar-refractivity contribution in [1.82, 2.24) is 29.3 Å². The Kier molecular flexibility index (Phi) is 5.27. The van der Waals surface area contributed by atoms with Gasteiger partial charge >= 0.3 is 6.09 Å². The molecule has 4 unspecified atom stereocenters. The van der Waals surface area contributed by atoms with Crippen LogP contribution >= 0.6 is 0 Å².